The fraction of sp³-hybridized carbons (Fsp3) is 0.625. The predicted molar refractivity (Wildman–Crippen MR) is 78.5 cm³/mol. The van der Waals surface area contributed by atoms with E-state index in [9.17, 15) is 5.11 Å². The van der Waals surface area contributed by atoms with Gasteiger partial charge in [0.2, 0.25) is 0 Å². The lowest BCUT2D eigenvalue weighted by Crippen LogP contribution is -2.54. The maximum absolute atomic E-state index is 10.6. The molecule has 1 aliphatic rings. The maximum atomic E-state index is 10.6. The Hall–Kier alpha value is -0.860. The Labute approximate surface area is 112 Å². The zero-order valence-corrected chi connectivity index (χ0v) is 11.9. The summed E-state index contributed by atoms with van der Waals surface area (Å²) in [6.45, 7) is 17.3. The van der Waals surface area contributed by atoms with Crippen LogP contribution in [0.4, 0.5) is 0 Å². The quantitative estimate of drug-likeness (QED) is 0.731. The van der Waals surface area contributed by atoms with Crippen LogP contribution in [-0.4, -0.2) is 34.7 Å². The van der Waals surface area contributed by atoms with Crippen molar-refractivity contribution in [3.8, 4) is 0 Å². The number of hydrogen-bond donors (Lipinski definition) is 1. The minimum atomic E-state index is -0.627. The van der Waals surface area contributed by atoms with Gasteiger partial charge < -0.3 is 5.11 Å². The minimum Gasteiger partial charge on any atom is -0.389 e. The highest BCUT2D eigenvalue weighted by atomic mass is 16.3. The molecular formula is C16H27NO. The lowest BCUT2D eigenvalue weighted by Gasteiger charge is -2.46. The van der Waals surface area contributed by atoms with Crippen LogP contribution in [0.15, 0.2) is 37.5 Å². The van der Waals surface area contributed by atoms with E-state index in [4.69, 9.17) is 0 Å². The van der Waals surface area contributed by atoms with E-state index in [1.165, 1.54) is 5.57 Å². The topological polar surface area (TPSA) is 23.5 Å². The van der Waals surface area contributed by atoms with Gasteiger partial charge >= 0.3 is 0 Å². The standard InChI is InChI=1S/C16H27NO/c1-6-10-17(11-7-2)15-12-14(13(3)4)8-9-16(15,5)18/h6-7,14-15,18H,1-3,8-12H2,4-5H3. The summed E-state index contributed by atoms with van der Waals surface area (Å²) in [5.74, 6) is 0.521. The van der Waals surface area contributed by atoms with E-state index in [2.05, 4.69) is 31.6 Å². The molecule has 0 bridgehead atoms. The normalized spacial score (nSPS) is 32.2. The number of rotatable bonds is 6. The summed E-state index contributed by atoms with van der Waals surface area (Å²) in [5, 5.41) is 10.6. The van der Waals surface area contributed by atoms with Crippen LogP contribution >= 0.6 is 0 Å². The van der Waals surface area contributed by atoms with Crippen molar-refractivity contribution in [1.82, 2.24) is 4.90 Å². The summed E-state index contributed by atoms with van der Waals surface area (Å²) in [5.41, 5.74) is 0.602. The Morgan fingerprint density at radius 3 is 2.39 bits per heavy atom. The number of hydrogen-bond acceptors (Lipinski definition) is 2. The highest BCUT2D eigenvalue weighted by Crippen LogP contribution is 2.37. The molecule has 0 amide bonds. The molecule has 0 radical (unpaired) electrons. The molecule has 102 valence electrons. The summed E-state index contributed by atoms with van der Waals surface area (Å²) >= 11 is 0. The lowest BCUT2D eigenvalue weighted by molar-refractivity contribution is -0.0630. The molecule has 0 heterocycles. The summed E-state index contributed by atoms with van der Waals surface area (Å²) in [4.78, 5) is 2.26. The van der Waals surface area contributed by atoms with Crippen LogP contribution in [0.1, 0.15) is 33.1 Å². The molecule has 0 saturated heterocycles. The van der Waals surface area contributed by atoms with Gasteiger partial charge in [-0.3, -0.25) is 4.90 Å². The Balaban J connectivity index is 2.86. The molecule has 0 aromatic heterocycles. The third-order valence-electron chi connectivity index (χ3n) is 4.09. The zero-order chi connectivity index (χ0) is 13.8. The molecule has 1 N–H and O–H groups in total. The van der Waals surface area contributed by atoms with Crippen molar-refractivity contribution in [2.24, 2.45) is 5.92 Å². The number of allylic oxidation sites excluding steroid dienone is 1. The van der Waals surface area contributed by atoms with E-state index < -0.39 is 5.60 Å². The second kappa shape index (κ2) is 6.35. The van der Waals surface area contributed by atoms with Crippen LogP contribution < -0.4 is 0 Å². The summed E-state index contributed by atoms with van der Waals surface area (Å²) in [6.07, 6.45) is 6.63. The van der Waals surface area contributed by atoms with Gasteiger partial charge in [-0.05, 0) is 39.0 Å². The van der Waals surface area contributed by atoms with Crippen molar-refractivity contribution in [1.29, 1.82) is 0 Å². The van der Waals surface area contributed by atoms with E-state index in [0.717, 1.165) is 32.4 Å². The lowest BCUT2D eigenvalue weighted by atomic mass is 9.73. The largest absolute Gasteiger partial charge is 0.389 e. The van der Waals surface area contributed by atoms with Crippen LogP contribution in [0, 0.1) is 5.92 Å². The first-order valence-corrected chi connectivity index (χ1v) is 6.76. The molecule has 1 aliphatic carbocycles. The highest BCUT2D eigenvalue weighted by molar-refractivity contribution is 5.06. The molecule has 2 heteroatoms. The minimum absolute atomic E-state index is 0.156. The molecule has 0 aliphatic heterocycles. The second-order valence-electron chi connectivity index (χ2n) is 5.72. The highest BCUT2D eigenvalue weighted by Gasteiger charge is 2.41. The van der Waals surface area contributed by atoms with E-state index in [1.807, 2.05) is 19.1 Å². The Kier molecular flexibility index (Phi) is 5.36. The monoisotopic (exact) mass is 249 g/mol. The summed E-state index contributed by atoms with van der Waals surface area (Å²) in [6, 6.07) is 0.156. The van der Waals surface area contributed by atoms with Crippen LogP contribution in [-0.2, 0) is 0 Å². The predicted octanol–water partition coefficient (Wildman–Crippen LogP) is 3.16. The SMILES string of the molecule is C=CCN(CC=C)C1CC(C(=C)C)CCC1(C)O. The molecule has 2 nitrogen and oxygen atoms in total. The second-order valence-corrected chi connectivity index (χ2v) is 5.72. The van der Waals surface area contributed by atoms with Gasteiger partial charge in [0, 0.05) is 19.1 Å². The average Bonchev–Trinajstić information content (AvgIpc) is 2.28. The third kappa shape index (κ3) is 3.56. The molecule has 3 atom stereocenters. The van der Waals surface area contributed by atoms with E-state index in [-0.39, 0.29) is 6.04 Å². The van der Waals surface area contributed by atoms with Crippen molar-refractivity contribution in [3.05, 3.63) is 37.5 Å². The van der Waals surface area contributed by atoms with Gasteiger partial charge in [-0.1, -0.05) is 24.3 Å². The van der Waals surface area contributed by atoms with E-state index in [0.29, 0.717) is 5.92 Å². The van der Waals surface area contributed by atoms with Gasteiger partial charge in [-0.25, -0.2) is 0 Å². The van der Waals surface area contributed by atoms with Crippen molar-refractivity contribution >= 4 is 0 Å². The molecular weight excluding hydrogens is 222 g/mol. The molecule has 0 aromatic rings. The molecule has 1 fully saturated rings. The number of nitrogens with zero attached hydrogens (tertiary/aromatic N) is 1. The van der Waals surface area contributed by atoms with E-state index in [1.54, 1.807) is 0 Å². The van der Waals surface area contributed by atoms with Gasteiger partial charge in [-0.15, -0.1) is 13.2 Å². The van der Waals surface area contributed by atoms with Gasteiger partial charge in [-0.2, -0.15) is 0 Å². The molecule has 1 rings (SSSR count). The molecule has 0 aromatic carbocycles. The van der Waals surface area contributed by atoms with Gasteiger partial charge in [0.05, 0.1) is 5.60 Å². The molecule has 0 spiro atoms. The molecule has 1 saturated carbocycles. The van der Waals surface area contributed by atoms with E-state index >= 15 is 0 Å². The third-order valence-corrected chi connectivity index (χ3v) is 4.09. The first kappa shape index (κ1) is 15.2. The fourth-order valence-electron chi connectivity index (χ4n) is 2.92. The maximum Gasteiger partial charge on any atom is 0.0774 e. The van der Waals surface area contributed by atoms with Crippen molar-refractivity contribution in [3.63, 3.8) is 0 Å². The smallest absolute Gasteiger partial charge is 0.0774 e. The molecule has 3 unspecified atom stereocenters. The first-order chi connectivity index (χ1) is 8.42. The first-order valence-electron chi connectivity index (χ1n) is 6.76. The zero-order valence-electron chi connectivity index (χ0n) is 11.9. The average molecular weight is 249 g/mol. The molecule has 18 heavy (non-hydrogen) atoms. The van der Waals surface area contributed by atoms with Gasteiger partial charge in [0.15, 0.2) is 0 Å². The van der Waals surface area contributed by atoms with Crippen LogP contribution in [0.3, 0.4) is 0 Å². The Morgan fingerprint density at radius 2 is 1.94 bits per heavy atom. The summed E-state index contributed by atoms with van der Waals surface area (Å²) in [7, 11) is 0. The van der Waals surface area contributed by atoms with Crippen LogP contribution in [0.25, 0.3) is 0 Å². The summed E-state index contributed by atoms with van der Waals surface area (Å²) < 4.78 is 0. The van der Waals surface area contributed by atoms with Gasteiger partial charge in [0.1, 0.15) is 0 Å². The fourth-order valence-corrected chi connectivity index (χ4v) is 2.92. The Bertz CT molecular complexity index is 309. The van der Waals surface area contributed by atoms with Crippen molar-refractivity contribution in [2.45, 2.75) is 44.8 Å². The number of aliphatic hydroxyl groups is 1. The van der Waals surface area contributed by atoms with Gasteiger partial charge in [0.25, 0.3) is 0 Å². The van der Waals surface area contributed by atoms with Crippen molar-refractivity contribution < 1.29 is 5.11 Å². The van der Waals surface area contributed by atoms with Crippen LogP contribution in [0.5, 0.6) is 0 Å². The van der Waals surface area contributed by atoms with Crippen molar-refractivity contribution in [2.75, 3.05) is 13.1 Å². The Morgan fingerprint density at radius 1 is 1.39 bits per heavy atom. The van der Waals surface area contributed by atoms with Crippen LogP contribution in [0.2, 0.25) is 0 Å².